The van der Waals surface area contributed by atoms with Gasteiger partial charge < -0.3 is 13.6 Å². The number of benzene rings is 12. The molecule has 0 radical (unpaired) electrons. The minimum absolute atomic E-state index is 0.392. The number of thiophene rings is 2. The average molecular weight is 1070 g/mol. The zero-order valence-corrected chi connectivity index (χ0v) is 44.7. The molecule has 5 aromatic heterocycles. The van der Waals surface area contributed by atoms with E-state index in [-0.39, 0.29) is 0 Å². The van der Waals surface area contributed by atoms with Crippen LogP contribution in [0, 0.1) is 17.9 Å². The fraction of sp³-hybridized carbons (Fsp3) is 0. The van der Waals surface area contributed by atoms with Crippen molar-refractivity contribution in [3.05, 3.63) is 260 Å². The number of furan rings is 1. The van der Waals surface area contributed by atoms with Gasteiger partial charge in [0.25, 0.3) is 0 Å². The molecule has 0 spiro atoms. The van der Waals surface area contributed by atoms with E-state index in [0.29, 0.717) is 22.5 Å². The van der Waals surface area contributed by atoms with Crippen LogP contribution in [0.15, 0.2) is 247 Å². The van der Waals surface area contributed by atoms with E-state index in [9.17, 15) is 11.8 Å². The van der Waals surface area contributed by atoms with Gasteiger partial charge in [0.2, 0.25) is 5.69 Å². The second-order valence-corrected chi connectivity index (χ2v) is 22.8. The van der Waals surface area contributed by atoms with Crippen molar-refractivity contribution < 1.29 is 4.42 Å². The van der Waals surface area contributed by atoms with Crippen LogP contribution in [-0.2, 0) is 0 Å². The van der Waals surface area contributed by atoms with E-state index in [1.54, 1.807) is 22.7 Å². The lowest BCUT2D eigenvalue weighted by Gasteiger charge is -2.26. The average Bonchev–Trinajstić information content (AvgIpc) is 2.57. The molecule has 12 aromatic carbocycles. The van der Waals surface area contributed by atoms with Gasteiger partial charge in [0.1, 0.15) is 17.2 Å². The van der Waals surface area contributed by atoms with E-state index in [4.69, 9.17) is 4.42 Å². The zero-order chi connectivity index (χ0) is 53.4. The lowest BCUT2D eigenvalue weighted by atomic mass is 9.88. The molecule has 0 N–H and O–H groups in total. The minimum Gasteiger partial charge on any atom is -0.456 e. The van der Waals surface area contributed by atoms with Crippen molar-refractivity contribution in [2.24, 2.45) is 0 Å². The SMILES string of the molecule is [C-]#[N+]c1c(-c2ccccc2)c(C#N)c(-n2c3c(ccc4c5ccccc5sc43)c3ccc4c(sc5cccc(-c6ccccc6)c54)c32)c(-c2ccccc2)c1-n1c2ccccc2c2c(-c3cccc4oc5ccccc5c34)cccc21. The highest BCUT2D eigenvalue weighted by molar-refractivity contribution is 7.27. The summed E-state index contributed by atoms with van der Waals surface area (Å²) < 4.78 is 15.9. The van der Waals surface area contributed by atoms with E-state index >= 15 is 0 Å². The Morgan fingerprint density at radius 3 is 1.65 bits per heavy atom. The lowest BCUT2D eigenvalue weighted by molar-refractivity contribution is 0.669. The molecule has 17 aromatic rings. The molecule has 81 heavy (non-hydrogen) atoms. The first-order valence-corrected chi connectivity index (χ1v) is 28.6. The van der Waals surface area contributed by atoms with Gasteiger partial charge in [-0.05, 0) is 69.8 Å². The zero-order valence-electron chi connectivity index (χ0n) is 43.1. The van der Waals surface area contributed by atoms with Gasteiger partial charge in [-0.25, -0.2) is 4.85 Å². The Morgan fingerprint density at radius 1 is 0.383 bits per heavy atom. The molecular weight excluding hydrogens is 1020 g/mol. The van der Waals surface area contributed by atoms with Crippen molar-refractivity contribution in [1.29, 1.82) is 5.26 Å². The predicted molar refractivity (Wildman–Crippen MR) is 341 cm³/mol. The van der Waals surface area contributed by atoms with Gasteiger partial charge >= 0.3 is 0 Å². The number of para-hydroxylation sites is 2. The third kappa shape index (κ3) is 6.39. The van der Waals surface area contributed by atoms with Crippen LogP contribution >= 0.6 is 22.7 Å². The van der Waals surface area contributed by atoms with Crippen LogP contribution < -0.4 is 0 Å². The fourth-order valence-electron chi connectivity index (χ4n) is 13.3. The fourth-order valence-corrected chi connectivity index (χ4v) is 15.8. The topological polar surface area (TPSA) is 51.1 Å². The molecule has 0 unspecified atom stereocenters. The van der Waals surface area contributed by atoms with Crippen molar-refractivity contribution in [3.8, 4) is 62.0 Å². The molecule has 5 heterocycles. The highest BCUT2D eigenvalue weighted by Gasteiger charge is 2.34. The Morgan fingerprint density at radius 2 is 0.914 bits per heavy atom. The first-order chi connectivity index (χ1) is 40.2. The van der Waals surface area contributed by atoms with Crippen LogP contribution in [0.5, 0.6) is 0 Å². The summed E-state index contributed by atoms with van der Waals surface area (Å²) in [7, 11) is 0. The monoisotopic (exact) mass is 1060 g/mol. The van der Waals surface area contributed by atoms with Gasteiger partial charge in [-0.1, -0.05) is 206 Å². The number of nitrogens with zero attached hydrogens (tertiary/aromatic N) is 4. The van der Waals surface area contributed by atoms with E-state index < -0.39 is 0 Å². The van der Waals surface area contributed by atoms with Crippen molar-refractivity contribution in [2.45, 2.75) is 0 Å². The van der Waals surface area contributed by atoms with Gasteiger partial charge in [0.15, 0.2) is 0 Å². The van der Waals surface area contributed by atoms with Gasteiger partial charge in [-0.3, -0.25) is 0 Å². The third-order valence-corrected chi connectivity index (χ3v) is 19.0. The molecule has 7 heteroatoms. The molecule has 374 valence electrons. The molecule has 0 bridgehead atoms. The highest BCUT2D eigenvalue weighted by atomic mass is 32.1. The molecule has 0 aliphatic heterocycles. The van der Waals surface area contributed by atoms with Crippen molar-refractivity contribution in [3.63, 3.8) is 0 Å². The van der Waals surface area contributed by atoms with Crippen molar-refractivity contribution >= 4 is 134 Å². The summed E-state index contributed by atoms with van der Waals surface area (Å²) >= 11 is 3.60. The molecule has 0 fully saturated rings. The van der Waals surface area contributed by atoms with E-state index in [0.717, 1.165) is 125 Å². The van der Waals surface area contributed by atoms with Crippen LogP contribution in [0.2, 0.25) is 0 Å². The number of hydrogen-bond acceptors (Lipinski definition) is 4. The van der Waals surface area contributed by atoms with Crippen molar-refractivity contribution in [1.82, 2.24) is 9.13 Å². The molecule has 0 saturated heterocycles. The number of nitriles is 1. The Bertz CT molecular complexity index is 5610. The molecule has 0 atom stereocenters. The number of hydrogen-bond donors (Lipinski definition) is 0. The Kier molecular flexibility index (Phi) is 9.82. The largest absolute Gasteiger partial charge is 0.456 e. The molecular formula is C74H40N4OS2. The van der Waals surface area contributed by atoms with Crippen LogP contribution in [0.3, 0.4) is 0 Å². The summed E-state index contributed by atoms with van der Waals surface area (Å²) in [5, 5.41) is 23.5. The highest BCUT2D eigenvalue weighted by Crippen LogP contribution is 2.56. The van der Waals surface area contributed by atoms with Gasteiger partial charge in [-0.2, -0.15) is 5.26 Å². The van der Waals surface area contributed by atoms with Gasteiger partial charge in [0, 0.05) is 74.4 Å². The smallest absolute Gasteiger partial charge is 0.220 e. The summed E-state index contributed by atoms with van der Waals surface area (Å²) in [6, 6.07) is 88.4. The standard InChI is InChI=1S/C74H40N4OS2/c1-76-68-63(44-22-7-3-8-23-44)56(42-75)69(78-70-50(38-40-52-47-26-13-16-36-61(47)80-73(52)70)51-39-41-55-67-46(43-20-5-2-6-21-43)29-19-37-62(67)81-74(55)71(51)78)64(45-24-9-4-10-25-45)72(68)77-57-32-14-11-27-53(57)65-48(30-17-33-58(65)77)49-31-18-35-60-66(49)54-28-12-15-34-59(54)79-60/h2-41H. The summed E-state index contributed by atoms with van der Waals surface area (Å²) in [5.74, 6) is 0. The maximum Gasteiger partial charge on any atom is 0.220 e. The maximum absolute atomic E-state index is 12.4. The van der Waals surface area contributed by atoms with Crippen LogP contribution in [0.25, 0.3) is 167 Å². The van der Waals surface area contributed by atoms with E-state index in [2.05, 4.69) is 214 Å². The predicted octanol–water partition coefficient (Wildman–Crippen LogP) is 21.6. The van der Waals surface area contributed by atoms with Gasteiger partial charge in [0.05, 0.1) is 55.0 Å². The quantitative estimate of drug-likeness (QED) is 0.156. The molecule has 0 amide bonds. The number of rotatable bonds is 6. The van der Waals surface area contributed by atoms with E-state index in [1.165, 1.54) is 25.7 Å². The van der Waals surface area contributed by atoms with Crippen molar-refractivity contribution in [2.75, 3.05) is 0 Å². The Labute approximate surface area is 471 Å². The molecule has 17 rings (SSSR count). The Hall–Kier alpha value is -10.5. The summed E-state index contributed by atoms with van der Waals surface area (Å²) in [6.07, 6.45) is 0. The maximum atomic E-state index is 12.4. The molecule has 0 aliphatic rings. The third-order valence-electron chi connectivity index (χ3n) is 16.6. The van der Waals surface area contributed by atoms with Gasteiger partial charge in [-0.15, -0.1) is 22.7 Å². The second-order valence-electron chi connectivity index (χ2n) is 20.7. The van der Waals surface area contributed by atoms with Crippen LogP contribution in [-0.4, -0.2) is 9.13 Å². The van der Waals surface area contributed by atoms with Crippen LogP contribution in [0.4, 0.5) is 5.69 Å². The number of aromatic nitrogens is 2. The first kappa shape index (κ1) is 45.5. The summed E-state index contributed by atoms with van der Waals surface area (Å²) in [4.78, 5) is 4.66. The number of fused-ring (bicyclic) bond motifs is 17. The first-order valence-electron chi connectivity index (χ1n) is 27.0. The normalized spacial score (nSPS) is 11.9. The molecule has 0 aliphatic carbocycles. The Balaban J connectivity index is 1.12. The minimum atomic E-state index is 0.392. The molecule has 0 saturated carbocycles. The summed E-state index contributed by atoms with van der Waals surface area (Å²) in [6.45, 7) is 9.58. The van der Waals surface area contributed by atoms with Crippen LogP contribution in [0.1, 0.15) is 5.56 Å². The summed E-state index contributed by atoms with van der Waals surface area (Å²) in [5.41, 5.74) is 15.3. The lowest BCUT2D eigenvalue weighted by Crippen LogP contribution is -2.09. The van der Waals surface area contributed by atoms with E-state index in [1.807, 2.05) is 48.5 Å². The second kappa shape index (κ2) is 17.5. The molecule has 5 nitrogen and oxygen atoms in total.